The molecule has 0 atom stereocenters. The molecule has 0 saturated carbocycles. The molecule has 0 radical (unpaired) electrons. The molecule has 0 aromatic heterocycles. The molecule has 0 N–H and O–H groups in total. The number of carbonyl (C=O) groups excluding carboxylic acids is 1. The van der Waals surface area contributed by atoms with Gasteiger partial charge in [0.15, 0.2) is 0 Å². The van der Waals surface area contributed by atoms with Gasteiger partial charge in [-0.1, -0.05) is 13.3 Å². The maximum Gasteiger partial charge on any atom is 0.423 e. The maximum absolute atomic E-state index is 12.0. The van der Waals surface area contributed by atoms with E-state index in [0.717, 1.165) is 0 Å². The molecule has 0 rings (SSSR count). The van der Waals surface area contributed by atoms with Crippen LogP contribution in [0.5, 0.6) is 0 Å². The lowest BCUT2D eigenvalue weighted by molar-refractivity contribution is -0.320. The van der Waals surface area contributed by atoms with Crippen LogP contribution in [-0.2, 0) is 14.3 Å². The van der Waals surface area contributed by atoms with Gasteiger partial charge in [-0.15, -0.1) is 0 Å². The maximum atomic E-state index is 12.0. The number of unbranched alkanes of at least 4 members (excludes halogenated alkanes) is 1. The molecular weight excluding hydrogens is 270 g/mol. The second-order valence-corrected chi connectivity index (χ2v) is 3.35. The third kappa shape index (κ3) is 6.67. The Morgan fingerprint density at radius 2 is 1.61 bits per heavy atom. The fraction of sp³-hybridized carbons (Fsp3) is 0.889. The van der Waals surface area contributed by atoms with E-state index in [1.807, 2.05) is 0 Å². The molecule has 18 heavy (non-hydrogen) atoms. The number of hydrogen-bond acceptors (Lipinski definition) is 3. The third-order valence-electron chi connectivity index (χ3n) is 1.72. The number of hydrogen-bond donors (Lipinski definition) is 0. The molecule has 0 spiro atoms. The van der Waals surface area contributed by atoms with Crippen molar-refractivity contribution in [3.05, 3.63) is 0 Å². The molecular formula is C9H12F6O3. The number of alkyl halides is 6. The predicted molar refractivity (Wildman–Crippen MR) is 47.7 cm³/mol. The molecule has 9 heteroatoms. The number of esters is 1. The lowest BCUT2D eigenvalue weighted by atomic mass is 10.3. The van der Waals surface area contributed by atoms with Crippen molar-refractivity contribution < 1.29 is 40.6 Å². The topological polar surface area (TPSA) is 35.5 Å². The number of ether oxygens (including phenoxy) is 2. The average Bonchev–Trinajstić information content (AvgIpc) is 2.13. The van der Waals surface area contributed by atoms with Crippen molar-refractivity contribution in [1.82, 2.24) is 0 Å². The van der Waals surface area contributed by atoms with E-state index in [1.165, 1.54) is 0 Å². The second kappa shape index (κ2) is 6.81. The third-order valence-corrected chi connectivity index (χ3v) is 1.72. The number of rotatable bonds is 6. The van der Waals surface area contributed by atoms with Crippen LogP contribution in [0.3, 0.4) is 0 Å². The summed E-state index contributed by atoms with van der Waals surface area (Å²) in [5, 5.41) is 0. The summed E-state index contributed by atoms with van der Waals surface area (Å²) < 4.78 is 79.8. The number of carbonyl (C=O) groups is 1. The van der Waals surface area contributed by atoms with Crippen molar-refractivity contribution in [2.24, 2.45) is 0 Å². The summed E-state index contributed by atoms with van der Waals surface area (Å²) in [6.45, 7) is 0.308. The van der Waals surface area contributed by atoms with Crippen LogP contribution in [0.4, 0.5) is 26.3 Å². The van der Waals surface area contributed by atoms with Crippen LogP contribution in [0, 0.1) is 0 Å². The highest BCUT2D eigenvalue weighted by atomic mass is 19.4. The van der Waals surface area contributed by atoms with Crippen LogP contribution in [0.1, 0.15) is 19.8 Å². The minimum atomic E-state index is -5.62. The minimum Gasteiger partial charge on any atom is -0.464 e. The summed E-state index contributed by atoms with van der Waals surface area (Å²) in [4.78, 5) is 10.8. The Morgan fingerprint density at radius 3 is 2.00 bits per heavy atom. The van der Waals surface area contributed by atoms with Gasteiger partial charge < -0.3 is 9.47 Å². The molecule has 0 unspecified atom stereocenters. The zero-order valence-electron chi connectivity index (χ0n) is 9.40. The molecule has 108 valence electrons. The largest absolute Gasteiger partial charge is 0.464 e. The first-order valence-corrected chi connectivity index (χ1v) is 4.99. The van der Waals surface area contributed by atoms with Gasteiger partial charge in [0.1, 0.15) is 6.61 Å². The van der Waals surface area contributed by atoms with Crippen molar-refractivity contribution in [1.29, 1.82) is 0 Å². The van der Waals surface area contributed by atoms with Gasteiger partial charge in [-0.25, -0.2) is 4.79 Å². The highest BCUT2D eigenvalue weighted by molar-refractivity contribution is 5.70. The monoisotopic (exact) mass is 282 g/mol. The first-order valence-electron chi connectivity index (χ1n) is 4.99. The highest BCUT2D eigenvalue weighted by Gasteiger charge is 2.58. The Kier molecular flexibility index (Phi) is 6.44. The van der Waals surface area contributed by atoms with E-state index < -0.39 is 31.0 Å². The van der Waals surface area contributed by atoms with Gasteiger partial charge in [0.05, 0.1) is 6.61 Å². The molecule has 0 amide bonds. The summed E-state index contributed by atoms with van der Waals surface area (Å²) in [6.07, 6.45) is -14.1. The Hall–Kier alpha value is -0.990. The van der Waals surface area contributed by atoms with E-state index in [1.54, 1.807) is 6.92 Å². The Balaban J connectivity index is 4.25. The van der Waals surface area contributed by atoms with Crippen LogP contribution in [0.15, 0.2) is 0 Å². The summed E-state index contributed by atoms with van der Waals surface area (Å²) in [5.41, 5.74) is 0. The van der Waals surface area contributed by atoms with E-state index in [4.69, 9.17) is 0 Å². The first-order chi connectivity index (χ1) is 8.09. The number of halogens is 6. The molecule has 0 bridgehead atoms. The van der Waals surface area contributed by atoms with E-state index in [-0.39, 0.29) is 6.61 Å². The second-order valence-electron chi connectivity index (χ2n) is 3.35. The molecule has 0 aromatic rings. The zero-order valence-corrected chi connectivity index (χ0v) is 9.40. The van der Waals surface area contributed by atoms with Crippen molar-refractivity contribution in [2.45, 2.75) is 38.2 Å². The van der Waals surface area contributed by atoms with Gasteiger partial charge in [0.25, 0.3) is 0 Å². The Labute approximate surface area is 99.0 Å². The SMILES string of the molecule is CCCCOC(=O)COC(C(F)(F)F)C(F)(F)F. The van der Waals surface area contributed by atoms with Gasteiger partial charge in [0, 0.05) is 0 Å². The molecule has 0 aliphatic heterocycles. The van der Waals surface area contributed by atoms with Crippen molar-refractivity contribution in [2.75, 3.05) is 13.2 Å². The van der Waals surface area contributed by atoms with Crippen LogP contribution in [-0.4, -0.2) is 37.6 Å². The molecule has 0 aromatic carbocycles. The summed E-state index contributed by atoms with van der Waals surface area (Å²) in [6, 6.07) is 0. The van der Waals surface area contributed by atoms with E-state index >= 15 is 0 Å². The van der Waals surface area contributed by atoms with E-state index in [0.29, 0.717) is 12.8 Å². The van der Waals surface area contributed by atoms with E-state index in [2.05, 4.69) is 9.47 Å². The molecule has 3 nitrogen and oxygen atoms in total. The van der Waals surface area contributed by atoms with Crippen LogP contribution < -0.4 is 0 Å². The average molecular weight is 282 g/mol. The lowest BCUT2D eigenvalue weighted by Crippen LogP contribution is -2.45. The van der Waals surface area contributed by atoms with E-state index in [9.17, 15) is 31.1 Å². The van der Waals surface area contributed by atoms with Crippen molar-refractivity contribution >= 4 is 5.97 Å². The molecule has 0 heterocycles. The summed E-state index contributed by atoms with van der Waals surface area (Å²) in [7, 11) is 0. The Bertz CT molecular complexity index is 246. The summed E-state index contributed by atoms with van der Waals surface area (Å²) >= 11 is 0. The zero-order chi connectivity index (χ0) is 14.4. The van der Waals surface area contributed by atoms with Crippen molar-refractivity contribution in [3.8, 4) is 0 Å². The van der Waals surface area contributed by atoms with Gasteiger partial charge >= 0.3 is 18.3 Å². The van der Waals surface area contributed by atoms with Crippen LogP contribution in [0.2, 0.25) is 0 Å². The van der Waals surface area contributed by atoms with Crippen LogP contribution in [0.25, 0.3) is 0 Å². The quantitative estimate of drug-likeness (QED) is 0.427. The smallest absolute Gasteiger partial charge is 0.423 e. The normalized spacial score (nSPS) is 12.9. The van der Waals surface area contributed by atoms with Gasteiger partial charge in [-0.05, 0) is 6.42 Å². The first kappa shape index (κ1) is 17.0. The van der Waals surface area contributed by atoms with Gasteiger partial charge in [0.2, 0.25) is 6.10 Å². The molecule has 0 saturated heterocycles. The fourth-order valence-electron chi connectivity index (χ4n) is 0.898. The predicted octanol–water partition coefficient (Wildman–Crippen LogP) is 2.84. The van der Waals surface area contributed by atoms with Gasteiger partial charge in [-0.2, -0.15) is 26.3 Å². The standard InChI is InChI=1S/C9H12F6O3/c1-2-3-4-17-6(16)5-18-7(8(10,11)12)9(13,14)15/h7H,2-5H2,1H3. The van der Waals surface area contributed by atoms with Gasteiger partial charge in [-0.3, -0.25) is 0 Å². The lowest BCUT2D eigenvalue weighted by Gasteiger charge is -2.22. The van der Waals surface area contributed by atoms with Crippen molar-refractivity contribution in [3.63, 3.8) is 0 Å². The Morgan fingerprint density at radius 1 is 1.11 bits per heavy atom. The fourth-order valence-corrected chi connectivity index (χ4v) is 0.898. The summed E-state index contributed by atoms with van der Waals surface area (Å²) in [5.74, 6) is -1.26. The highest BCUT2D eigenvalue weighted by Crippen LogP contribution is 2.35. The molecule has 0 aliphatic carbocycles. The molecule has 0 fully saturated rings. The minimum absolute atomic E-state index is 0.0681. The van der Waals surface area contributed by atoms with Crippen LogP contribution >= 0.6 is 0 Å². The molecule has 0 aliphatic rings.